The lowest BCUT2D eigenvalue weighted by atomic mass is 9.96. The molecule has 2 aliphatic rings. The number of amides is 2. The molecule has 1 aliphatic heterocycles. The summed E-state index contributed by atoms with van der Waals surface area (Å²) in [5, 5.41) is 5.90. The fourth-order valence-corrected chi connectivity index (χ4v) is 3.65. The van der Waals surface area contributed by atoms with Crippen LogP contribution < -0.4 is 16.4 Å². The van der Waals surface area contributed by atoms with Crippen molar-refractivity contribution in [2.45, 2.75) is 32.0 Å². The Kier molecular flexibility index (Phi) is 5.41. The van der Waals surface area contributed by atoms with Crippen LogP contribution in [0.3, 0.4) is 0 Å². The van der Waals surface area contributed by atoms with Crippen molar-refractivity contribution in [3.8, 4) is 0 Å². The molecule has 1 saturated carbocycles. The molecule has 0 saturated heterocycles. The molecule has 2 aromatic rings. The van der Waals surface area contributed by atoms with Gasteiger partial charge < -0.3 is 16.4 Å². The fourth-order valence-electron chi connectivity index (χ4n) is 3.65. The third-order valence-electron chi connectivity index (χ3n) is 5.30. The Morgan fingerprint density at radius 1 is 1.11 bits per heavy atom. The van der Waals surface area contributed by atoms with E-state index in [1.165, 1.54) is 11.1 Å². The van der Waals surface area contributed by atoms with E-state index in [9.17, 15) is 9.59 Å². The number of hydrogen-bond donors (Lipinski definition) is 3. The van der Waals surface area contributed by atoms with Gasteiger partial charge >= 0.3 is 0 Å². The van der Waals surface area contributed by atoms with Gasteiger partial charge in [0.1, 0.15) is 0 Å². The first-order chi connectivity index (χ1) is 13.6. The van der Waals surface area contributed by atoms with Gasteiger partial charge in [0.15, 0.2) is 0 Å². The standard InChI is InChI=1S/C22H26N4O2/c23-20-13-26(12-17-5-1-2-7-19(17)20)14-21(27)24-11-15-4-3-6-18(10-15)25-22(28)16-8-9-16/h1-7,10,16,20H,8-9,11-14,23H2,(H,24,27)(H,25,28). The van der Waals surface area contributed by atoms with Crippen molar-refractivity contribution in [1.82, 2.24) is 10.2 Å². The molecular weight excluding hydrogens is 352 g/mol. The van der Waals surface area contributed by atoms with Crippen LogP contribution in [0.2, 0.25) is 0 Å². The molecule has 28 heavy (non-hydrogen) atoms. The van der Waals surface area contributed by atoms with E-state index in [1.807, 2.05) is 36.4 Å². The summed E-state index contributed by atoms with van der Waals surface area (Å²) in [6.45, 7) is 2.16. The van der Waals surface area contributed by atoms with Gasteiger partial charge in [-0.3, -0.25) is 14.5 Å². The largest absolute Gasteiger partial charge is 0.351 e. The summed E-state index contributed by atoms with van der Waals surface area (Å²) in [6, 6.07) is 15.7. The van der Waals surface area contributed by atoms with Crippen molar-refractivity contribution in [3.63, 3.8) is 0 Å². The number of rotatable bonds is 6. The van der Waals surface area contributed by atoms with E-state index >= 15 is 0 Å². The molecule has 1 atom stereocenters. The molecular formula is C22H26N4O2. The van der Waals surface area contributed by atoms with Gasteiger partial charge in [-0.25, -0.2) is 0 Å². The van der Waals surface area contributed by atoms with Crippen LogP contribution in [0.4, 0.5) is 5.69 Å². The lowest BCUT2D eigenvalue weighted by Crippen LogP contribution is -2.42. The zero-order valence-electron chi connectivity index (χ0n) is 15.9. The number of benzene rings is 2. The van der Waals surface area contributed by atoms with Gasteiger partial charge in [-0.1, -0.05) is 36.4 Å². The molecule has 0 bridgehead atoms. The Morgan fingerprint density at radius 2 is 1.93 bits per heavy atom. The third kappa shape index (κ3) is 4.58. The van der Waals surface area contributed by atoms with E-state index in [-0.39, 0.29) is 23.8 Å². The van der Waals surface area contributed by atoms with Gasteiger partial charge in [-0.05, 0) is 41.7 Å². The molecule has 146 valence electrons. The summed E-state index contributed by atoms with van der Waals surface area (Å²) >= 11 is 0. The van der Waals surface area contributed by atoms with Crippen molar-refractivity contribution < 1.29 is 9.59 Å². The maximum atomic E-state index is 12.4. The quantitative estimate of drug-likeness (QED) is 0.719. The molecule has 2 aromatic carbocycles. The number of hydrogen-bond acceptors (Lipinski definition) is 4. The zero-order valence-corrected chi connectivity index (χ0v) is 15.9. The third-order valence-corrected chi connectivity index (χ3v) is 5.30. The molecule has 1 unspecified atom stereocenters. The summed E-state index contributed by atoms with van der Waals surface area (Å²) in [4.78, 5) is 26.4. The van der Waals surface area contributed by atoms with Gasteiger partial charge in [0.05, 0.1) is 6.54 Å². The average Bonchev–Trinajstić information content (AvgIpc) is 3.52. The van der Waals surface area contributed by atoms with Crippen molar-refractivity contribution in [1.29, 1.82) is 0 Å². The van der Waals surface area contributed by atoms with Gasteiger partial charge in [0, 0.05) is 37.3 Å². The van der Waals surface area contributed by atoms with Crippen molar-refractivity contribution in [2.24, 2.45) is 11.7 Å². The summed E-state index contributed by atoms with van der Waals surface area (Å²) in [5.74, 6) is 0.228. The molecule has 6 nitrogen and oxygen atoms in total. The topological polar surface area (TPSA) is 87.5 Å². The average molecular weight is 378 g/mol. The van der Waals surface area contributed by atoms with Crippen LogP contribution >= 0.6 is 0 Å². The van der Waals surface area contributed by atoms with Gasteiger partial charge in [-0.2, -0.15) is 0 Å². The van der Waals surface area contributed by atoms with Crippen LogP contribution in [0.5, 0.6) is 0 Å². The second kappa shape index (κ2) is 8.12. The molecule has 1 aliphatic carbocycles. The van der Waals surface area contributed by atoms with Crippen molar-refractivity contribution in [2.75, 3.05) is 18.4 Å². The highest BCUT2D eigenvalue weighted by Gasteiger charge is 2.29. The van der Waals surface area contributed by atoms with Crippen molar-refractivity contribution in [3.05, 3.63) is 65.2 Å². The predicted molar refractivity (Wildman–Crippen MR) is 108 cm³/mol. The molecule has 1 fully saturated rings. The zero-order chi connectivity index (χ0) is 19.5. The van der Waals surface area contributed by atoms with Gasteiger partial charge in [0.25, 0.3) is 0 Å². The number of carbonyl (C=O) groups excluding carboxylic acids is 2. The number of fused-ring (bicyclic) bond motifs is 1. The Balaban J connectivity index is 1.28. The van der Waals surface area contributed by atoms with Crippen molar-refractivity contribution >= 4 is 17.5 Å². The smallest absolute Gasteiger partial charge is 0.234 e. The molecule has 4 rings (SSSR count). The molecule has 2 amide bonds. The summed E-state index contributed by atoms with van der Waals surface area (Å²) in [6.07, 6.45) is 1.96. The van der Waals surface area contributed by atoms with Crippen LogP contribution in [0.1, 0.15) is 35.6 Å². The fraction of sp³-hybridized carbons (Fsp3) is 0.364. The van der Waals surface area contributed by atoms with Crippen LogP contribution in [0.15, 0.2) is 48.5 Å². The predicted octanol–water partition coefficient (Wildman–Crippen LogP) is 2.17. The van der Waals surface area contributed by atoms with Crippen LogP contribution in [0.25, 0.3) is 0 Å². The molecule has 1 heterocycles. The maximum Gasteiger partial charge on any atom is 0.234 e. The first-order valence-corrected chi connectivity index (χ1v) is 9.81. The Hall–Kier alpha value is -2.70. The molecule has 0 spiro atoms. The minimum Gasteiger partial charge on any atom is -0.351 e. The first-order valence-electron chi connectivity index (χ1n) is 9.81. The van der Waals surface area contributed by atoms with Gasteiger partial charge in [-0.15, -0.1) is 0 Å². The lowest BCUT2D eigenvalue weighted by Gasteiger charge is -2.32. The molecule has 0 radical (unpaired) electrons. The normalized spacial score (nSPS) is 19.0. The SMILES string of the molecule is NC1CN(CC(=O)NCc2cccc(NC(=O)C3CC3)c2)Cc2ccccc21. The number of carbonyl (C=O) groups is 2. The van der Waals surface area contributed by atoms with E-state index in [2.05, 4.69) is 27.7 Å². The Bertz CT molecular complexity index is 878. The van der Waals surface area contributed by atoms with E-state index < -0.39 is 0 Å². The first kappa shape index (κ1) is 18.7. The Morgan fingerprint density at radius 3 is 2.75 bits per heavy atom. The number of nitrogens with two attached hydrogens (primary N) is 1. The summed E-state index contributed by atoms with van der Waals surface area (Å²) in [7, 11) is 0. The van der Waals surface area contributed by atoms with E-state index in [4.69, 9.17) is 5.73 Å². The minimum absolute atomic E-state index is 0.0287. The van der Waals surface area contributed by atoms with E-state index in [0.717, 1.165) is 30.6 Å². The summed E-state index contributed by atoms with van der Waals surface area (Å²) < 4.78 is 0. The van der Waals surface area contributed by atoms with Crippen LogP contribution in [0, 0.1) is 5.92 Å². The van der Waals surface area contributed by atoms with Crippen LogP contribution in [-0.2, 0) is 22.7 Å². The number of nitrogens with one attached hydrogen (secondary N) is 2. The van der Waals surface area contributed by atoms with E-state index in [0.29, 0.717) is 19.6 Å². The Labute approximate surface area is 165 Å². The monoisotopic (exact) mass is 378 g/mol. The number of anilines is 1. The minimum atomic E-state index is -0.0653. The highest BCUT2D eigenvalue weighted by Crippen LogP contribution is 2.30. The summed E-state index contributed by atoms with van der Waals surface area (Å²) in [5.41, 5.74) is 10.4. The molecule has 0 aromatic heterocycles. The maximum absolute atomic E-state index is 12.4. The number of nitrogens with zero attached hydrogens (tertiary/aromatic N) is 1. The highest BCUT2D eigenvalue weighted by atomic mass is 16.2. The molecule has 6 heteroatoms. The second-order valence-electron chi connectivity index (χ2n) is 7.72. The second-order valence-corrected chi connectivity index (χ2v) is 7.72. The van der Waals surface area contributed by atoms with Gasteiger partial charge in [0.2, 0.25) is 11.8 Å². The van der Waals surface area contributed by atoms with Crippen LogP contribution in [-0.4, -0.2) is 29.8 Å². The van der Waals surface area contributed by atoms with E-state index in [1.54, 1.807) is 0 Å². The highest BCUT2D eigenvalue weighted by molar-refractivity contribution is 5.94. The lowest BCUT2D eigenvalue weighted by molar-refractivity contribution is -0.122. The molecule has 4 N–H and O–H groups in total.